The van der Waals surface area contributed by atoms with Crippen LogP contribution in [0, 0.1) is 5.92 Å². The van der Waals surface area contributed by atoms with Gasteiger partial charge in [-0.25, -0.2) is 5.48 Å². The molecule has 0 spiro atoms. The quantitative estimate of drug-likeness (QED) is 0.768. The van der Waals surface area contributed by atoms with Gasteiger partial charge in [0, 0.05) is 0 Å². The van der Waals surface area contributed by atoms with Crippen LogP contribution >= 0.6 is 0 Å². The Kier molecular flexibility index (Phi) is 4.78. The van der Waals surface area contributed by atoms with Crippen molar-refractivity contribution in [3.05, 3.63) is 23.8 Å². The maximum absolute atomic E-state index is 11.7. The summed E-state index contributed by atoms with van der Waals surface area (Å²) >= 11 is 0. The lowest BCUT2D eigenvalue weighted by atomic mass is 10.2. The largest absolute Gasteiger partial charge is 0.507 e. The summed E-state index contributed by atoms with van der Waals surface area (Å²) in [5.41, 5.74) is 2.39. The van der Waals surface area contributed by atoms with Crippen molar-refractivity contribution < 1.29 is 19.5 Å². The Morgan fingerprint density at radius 1 is 1.47 bits per heavy atom. The van der Waals surface area contributed by atoms with Gasteiger partial charge in [0.25, 0.3) is 5.91 Å². The average Bonchev–Trinajstić information content (AvgIpc) is 2.29. The molecule has 0 atom stereocenters. The van der Waals surface area contributed by atoms with E-state index < -0.39 is 5.91 Å². The number of rotatable bonds is 5. The molecule has 1 amide bonds. The Morgan fingerprint density at radius 3 is 2.76 bits per heavy atom. The fraction of sp³-hybridized carbons (Fsp3) is 0.417. The number of hydrogen-bond acceptors (Lipinski definition) is 4. The fourth-order valence-electron chi connectivity index (χ4n) is 1.15. The van der Waals surface area contributed by atoms with Gasteiger partial charge in [-0.15, -0.1) is 0 Å². The molecule has 0 aliphatic carbocycles. The Balaban J connectivity index is 2.67. The molecule has 0 aliphatic heterocycles. The summed E-state index contributed by atoms with van der Waals surface area (Å²) in [5.74, 6) is 0.199. The normalized spacial score (nSPS) is 10.4. The van der Waals surface area contributed by atoms with E-state index in [0.717, 1.165) is 0 Å². The zero-order valence-corrected chi connectivity index (χ0v) is 10.2. The van der Waals surface area contributed by atoms with Crippen molar-refractivity contribution in [3.63, 3.8) is 0 Å². The van der Waals surface area contributed by atoms with Crippen LogP contribution in [0.2, 0.25) is 0 Å². The first-order chi connectivity index (χ1) is 8.04. The number of aromatic hydroxyl groups is 1. The number of carbonyl (C=O) groups excluding carboxylic acids is 1. The highest BCUT2D eigenvalue weighted by atomic mass is 16.6. The van der Waals surface area contributed by atoms with Gasteiger partial charge in [-0.3, -0.25) is 9.63 Å². The molecule has 0 heterocycles. The number of hydrogen-bond donors (Lipinski definition) is 2. The van der Waals surface area contributed by atoms with E-state index in [4.69, 9.17) is 9.57 Å². The van der Waals surface area contributed by atoms with Crippen molar-refractivity contribution in [1.82, 2.24) is 5.48 Å². The van der Waals surface area contributed by atoms with Gasteiger partial charge in [-0.2, -0.15) is 0 Å². The third-order valence-electron chi connectivity index (χ3n) is 2.03. The third-order valence-corrected chi connectivity index (χ3v) is 2.03. The van der Waals surface area contributed by atoms with Crippen molar-refractivity contribution in [2.45, 2.75) is 13.8 Å². The van der Waals surface area contributed by atoms with E-state index in [-0.39, 0.29) is 11.3 Å². The molecule has 2 N–H and O–H groups in total. The van der Waals surface area contributed by atoms with Gasteiger partial charge >= 0.3 is 0 Å². The molecule has 17 heavy (non-hydrogen) atoms. The number of phenols is 1. The van der Waals surface area contributed by atoms with Crippen molar-refractivity contribution in [1.29, 1.82) is 0 Å². The molecule has 94 valence electrons. The van der Waals surface area contributed by atoms with Gasteiger partial charge in [0.1, 0.15) is 11.5 Å². The SMILES string of the molecule is COc1ccc(O)c(C(=O)NOCC(C)C)c1. The van der Waals surface area contributed by atoms with E-state index in [0.29, 0.717) is 18.3 Å². The number of benzene rings is 1. The summed E-state index contributed by atoms with van der Waals surface area (Å²) in [6.07, 6.45) is 0. The standard InChI is InChI=1S/C12H17NO4/c1-8(2)7-17-13-12(15)10-6-9(16-3)4-5-11(10)14/h4-6,8,14H,7H2,1-3H3,(H,13,15). The lowest BCUT2D eigenvalue weighted by molar-refractivity contribution is 0.0206. The number of carbonyl (C=O) groups is 1. The summed E-state index contributed by atoms with van der Waals surface area (Å²) in [6, 6.07) is 4.42. The number of amides is 1. The van der Waals surface area contributed by atoms with Crippen molar-refractivity contribution in [3.8, 4) is 11.5 Å². The summed E-state index contributed by atoms with van der Waals surface area (Å²) < 4.78 is 4.97. The number of nitrogens with one attached hydrogen (secondary N) is 1. The Morgan fingerprint density at radius 2 is 2.18 bits per heavy atom. The van der Waals surface area contributed by atoms with Crippen LogP contribution < -0.4 is 10.2 Å². The predicted octanol–water partition coefficient (Wildman–Crippen LogP) is 1.72. The van der Waals surface area contributed by atoms with E-state index in [9.17, 15) is 9.90 Å². The van der Waals surface area contributed by atoms with E-state index in [1.807, 2.05) is 13.8 Å². The van der Waals surface area contributed by atoms with Crippen LogP contribution in [0.4, 0.5) is 0 Å². The fourth-order valence-corrected chi connectivity index (χ4v) is 1.15. The molecular formula is C12H17NO4. The highest BCUT2D eigenvalue weighted by Gasteiger charge is 2.12. The first kappa shape index (κ1) is 13.3. The Bertz CT molecular complexity index is 390. The van der Waals surface area contributed by atoms with Crippen LogP contribution in [0.1, 0.15) is 24.2 Å². The number of methoxy groups -OCH3 is 1. The van der Waals surface area contributed by atoms with Gasteiger partial charge in [0.2, 0.25) is 0 Å². The van der Waals surface area contributed by atoms with Gasteiger partial charge in [0.05, 0.1) is 19.3 Å². The maximum Gasteiger partial charge on any atom is 0.278 e. The van der Waals surface area contributed by atoms with Crippen LogP contribution in [-0.4, -0.2) is 24.7 Å². The minimum absolute atomic E-state index is 0.114. The molecule has 1 aromatic rings. The molecule has 5 nitrogen and oxygen atoms in total. The van der Waals surface area contributed by atoms with Gasteiger partial charge in [-0.05, 0) is 24.1 Å². The summed E-state index contributed by atoms with van der Waals surface area (Å²) in [7, 11) is 1.49. The molecule has 0 radical (unpaired) electrons. The molecular weight excluding hydrogens is 222 g/mol. The van der Waals surface area contributed by atoms with Crippen LogP contribution in [-0.2, 0) is 4.84 Å². The second-order valence-corrected chi connectivity index (χ2v) is 4.02. The average molecular weight is 239 g/mol. The molecule has 0 unspecified atom stereocenters. The minimum atomic E-state index is -0.498. The lowest BCUT2D eigenvalue weighted by Gasteiger charge is -2.09. The summed E-state index contributed by atoms with van der Waals surface area (Å²) in [6.45, 7) is 4.35. The zero-order chi connectivity index (χ0) is 12.8. The third kappa shape index (κ3) is 3.96. The minimum Gasteiger partial charge on any atom is -0.507 e. The maximum atomic E-state index is 11.7. The molecule has 1 rings (SSSR count). The highest BCUT2D eigenvalue weighted by molar-refractivity contribution is 5.96. The molecule has 5 heteroatoms. The Hall–Kier alpha value is -1.75. The van der Waals surface area contributed by atoms with Crippen LogP contribution in [0.25, 0.3) is 0 Å². The highest BCUT2D eigenvalue weighted by Crippen LogP contribution is 2.22. The zero-order valence-electron chi connectivity index (χ0n) is 10.2. The van der Waals surface area contributed by atoms with Gasteiger partial charge in [0.15, 0.2) is 0 Å². The van der Waals surface area contributed by atoms with Crippen LogP contribution in [0.15, 0.2) is 18.2 Å². The van der Waals surface area contributed by atoms with Crippen molar-refractivity contribution in [2.75, 3.05) is 13.7 Å². The van der Waals surface area contributed by atoms with Gasteiger partial charge in [-0.1, -0.05) is 13.8 Å². The molecule has 0 saturated carbocycles. The van der Waals surface area contributed by atoms with E-state index in [2.05, 4.69) is 5.48 Å². The van der Waals surface area contributed by atoms with E-state index in [1.54, 1.807) is 6.07 Å². The molecule has 0 aliphatic rings. The molecule has 0 saturated heterocycles. The Labute approximate surface area is 100 Å². The van der Waals surface area contributed by atoms with Crippen molar-refractivity contribution >= 4 is 5.91 Å². The first-order valence-corrected chi connectivity index (χ1v) is 5.33. The number of ether oxygens (including phenoxy) is 1. The molecule has 0 bridgehead atoms. The first-order valence-electron chi connectivity index (χ1n) is 5.33. The predicted molar refractivity (Wildman–Crippen MR) is 62.9 cm³/mol. The molecule has 0 fully saturated rings. The number of phenolic OH excluding ortho intramolecular Hbond substituents is 1. The second-order valence-electron chi connectivity index (χ2n) is 4.02. The second kappa shape index (κ2) is 6.10. The number of hydroxylamine groups is 1. The molecule has 1 aromatic carbocycles. The lowest BCUT2D eigenvalue weighted by Crippen LogP contribution is -2.25. The smallest absolute Gasteiger partial charge is 0.278 e. The van der Waals surface area contributed by atoms with Crippen LogP contribution in [0.5, 0.6) is 11.5 Å². The van der Waals surface area contributed by atoms with E-state index >= 15 is 0 Å². The van der Waals surface area contributed by atoms with Crippen LogP contribution in [0.3, 0.4) is 0 Å². The summed E-state index contributed by atoms with van der Waals surface area (Å²) in [5, 5.41) is 9.54. The summed E-state index contributed by atoms with van der Waals surface area (Å²) in [4.78, 5) is 16.7. The monoisotopic (exact) mass is 239 g/mol. The molecule has 0 aromatic heterocycles. The van der Waals surface area contributed by atoms with E-state index in [1.165, 1.54) is 19.2 Å². The van der Waals surface area contributed by atoms with Crippen molar-refractivity contribution in [2.24, 2.45) is 5.92 Å². The van der Waals surface area contributed by atoms with Gasteiger partial charge < -0.3 is 9.84 Å². The topological polar surface area (TPSA) is 67.8 Å².